The van der Waals surface area contributed by atoms with Crippen molar-refractivity contribution in [3.63, 3.8) is 0 Å². The quantitative estimate of drug-likeness (QED) is 0.148. The predicted octanol–water partition coefficient (Wildman–Crippen LogP) is 1.86. The normalized spacial score (nSPS) is 33.8. The van der Waals surface area contributed by atoms with Crippen molar-refractivity contribution in [3.8, 4) is 0 Å². The molecule has 1 saturated heterocycles. The number of nitrogens with zero attached hydrogens (tertiary/aromatic N) is 1. The third-order valence-electron chi connectivity index (χ3n) is 9.21. The van der Waals surface area contributed by atoms with Gasteiger partial charge in [0.05, 0.1) is 17.9 Å². The number of allylic oxidation sites excluding steroid dienone is 2. The van der Waals surface area contributed by atoms with Crippen LogP contribution in [0.3, 0.4) is 0 Å². The molecule has 1 aliphatic carbocycles. The number of methoxy groups -OCH3 is 2. The largest absolute Gasteiger partial charge is 0.439 e. The molecule has 16 heteroatoms. The fourth-order valence-electron chi connectivity index (χ4n) is 6.63. The van der Waals surface area contributed by atoms with Gasteiger partial charge in [0.2, 0.25) is 0 Å². The number of nitrogens with two attached hydrogens (primary N) is 1. The fraction of sp³-hybridized carbons (Fsp3) is 0.647. The maximum absolute atomic E-state index is 13.4. The van der Waals surface area contributed by atoms with Gasteiger partial charge in [-0.15, -0.1) is 0 Å². The number of likely N-dealkylation sites (tertiary alicyclic amines) is 1. The van der Waals surface area contributed by atoms with Crippen molar-refractivity contribution in [2.45, 2.75) is 90.0 Å². The molecule has 0 aromatic carbocycles. The number of amides is 2. The maximum Gasteiger partial charge on any atom is 0.405 e. The van der Waals surface area contributed by atoms with Crippen molar-refractivity contribution in [3.05, 3.63) is 58.5 Å². The first-order valence-corrected chi connectivity index (χ1v) is 18.2. The smallest absolute Gasteiger partial charge is 0.405 e. The molecule has 0 spiro atoms. The lowest BCUT2D eigenvalue weighted by molar-refractivity contribution is -0.117. The van der Waals surface area contributed by atoms with Crippen molar-refractivity contribution in [1.29, 1.82) is 0 Å². The van der Waals surface area contributed by atoms with E-state index in [1.54, 1.807) is 26.0 Å². The zero-order valence-electron chi connectivity index (χ0n) is 29.7. The topological polar surface area (TPSA) is 219 Å². The SMILES string of the molecule is CO[C@H]1/C=C\C=C(/C)C(=O)NC2=CC(O)C(NCCN3CCCC3)=C(C[C@@H](C)C[C@H](OC)[C@H](O)[C@@H](C)/C=C(\C)[C@@H]1OC(N)=O)C2OS(=O)(=O)O. The summed E-state index contributed by atoms with van der Waals surface area (Å²) in [6.07, 6.45) is 2.88. The molecule has 2 aliphatic heterocycles. The molecule has 0 radical (unpaired) electrons. The summed E-state index contributed by atoms with van der Waals surface area (Å²) in [6.45, 7) is 9.93. The number of rotatable bonds is 9. The second-order valence-electron chi connectivity index (χ2n) is 13.2. The van der Waals surface area contributed by atoms with E-state index >= 15 is 0 Å². The van der Waals surface area contributed by atoms with Gasteiger partial charge in [-0.3, -0.25) is 9.35 Å². The Kier molecular flexibility index (Phi) is 15.7. The molecule has 282 valence electrons. The van der Waals surface area contributed by atoms with Crippen LogP contribution in [-0.4, -0.2) is 117 Å². The number of carbonyl (C=O) groups is 2. The molecule has 50 heavy (non-hydrogen) atoms. The molecule has 0 aromatic heterocycles. The Balaban J connectivity index is 2.12. The number of fused-ring (bicyclic) bond motifs is 2. The predicted molar refractivity (Wildman–Crippen MR) is 186 cm³/mol. The summed E-state index contributed by atoms with van der Waals surface area (Å²) in [6, 6.07) is 0. The Hall–Kier alpha value is -3.09. The van der Waals surface area contributed by atoms with Gasteiger partial charge >= 0.3 is 16.5 Å². The molecule has 15 nitrogen and oxygen atoms in total. The van der Waals surface area contributed by atoms with Crippen LogP contribution in [-0.2, 0) is 33.6 Å². The van der Waals surface area contributed by atoms with Crippen LogP contribution in [0.15, 0.2) is 58.5 Å². The van der Waals surface area contributed by atoms with Crippen LogP contribution in [0.1, 0.15) is 53.4 Å². The molecular weight excluding hydrogens is 672 g/mol. The molecule has 3 rings (SSSR count). The van der Waals surface area contributed by atoms with Gasteiger partial charge in [0.1, 0.15) is 18.3 Å². The van der Waals surface area contributed by atoms with E-state index in [2.05, 4.69) is 15.5 Å². The molecule has 3 aliphatic rings. The van der Waals surface area contributed by atoms with Gasteiger partial charge in [0.15, 0.2) is 6.10 Å². The first kappa shape index (κ1) is 41.3. The van der Waals surface area contributed by atoms with Crippen molar-refractivity contribution in [2.24, 2.45) is 17.6 Å². The number of nitrogens with one attached hydrogen (secondary N) is 2. The Morgan fingerprint density at radius 2 is 1.80 bits per heavy atom. The average Bonchev–Trinajstić information content (AvgIpc) is 3.56. The zero-order valence-corrected chi connectivity index (χ0v) is 30.5. The lowest BCUT2D eigenvalue weighted by atomic mass is 9.84. The summed E-state index contributed by atoms with van der Waals surface area (Å²) in [5, 5.41) is 28.7. The lowest BCUT2D eigenvalue weighted by Gasteiger charge is -2.34. The first-order valence-electron chi connectivity index (χ1n) is 16.8. The second kappa shape index (κ2) is 18.9. The number of carbonyl (C=O) groups excluding carboxylic acids is 2. The number of primary amides is 1. The van der Waals surface area contributed by atoms with E-state index in [1.165, 1.54) is 39.4 Å². The van der Waals surface area contributed by atoms with Gasteiger partial charge in [-0.1, -0.05) is 38.2 Å². The van der Waals surface area contributed by atoms with Crippen LogP contribution < -0.4 is 16.4 Å². The van der Waals surface area contributed by atoms with Crippen LogP contribution in [0.5, 0.6) is 0 Å². The fourth-order valence-corrected chi connectivity index (χ4v) is 7.09. The Bertz CT molecular complexity index is 1450. The second-order valence-corrected chi connectivity index (χ2v) is 14.3. The molecule has 2 unspecified atom stereocenters. The van der Waals surface area contributed by atoms with Crippen LogP contribution in [0.2, 0.25) is 0 Å². The highest BCUT2D eigenvalue weighted by atomic mass is 32.3. The summed E-state index contributed by atoms with van der Waals surface area (Å²) in [4.78, 5) is 27.5. The standard InChI is InChI=1S/C34H54N4O11S/c1-20-16-24-29(36-12-15-38-13-7-8-14-38)26(39)19-25(32(24)49-50(43,44)45)37-33(41)21(2)10-9-11-27(46-5)31(48-34(35)42)23(4)18-22(3)30(40)28(17-20)47-6/h9-11,18-20,22,26-28,30-32,36,39-40H,7-8,12-17H2,1-6H3,(H2,35,42)(H,37,41)(H,43,44,45)/b11-9-,21-10+,23-18+/t20-,22+,26?,27+,28+,30-,31+,32?/m1/s1. The van der Waals surface area contributed by atoms with E-state index < -0.39 is 64.9 Å². The summed E-state index contributed by atoms with van der Waals surface area (Å²) in [5.74, 6) is -1.44. The molecule has 1 fully saturated rings. The van der Waals surface area contributed by atoms with Crippen LogP contribution in [0.25, 0.3) is 0 Å². The third kappa shape index (κ3) is 12.0. The van der Waals surface area contributed by atoms with Crippen molar-refractivity contribution >= 4 is 22.4 Å². The van der Waals surface area contributed by atoms with Crippen molar-refractivity contribution < 1.29 is 51.2 Å². The molecule has 0 aromatic rings. The van der Waals surface area contributed by atoms with Crippen LogP contribution >= 0.6 is 0 Å². The number of aliphatic hydroxyl groups excluding tert-OH is 2. The molecule has 8 atom stereocenters. The summed E-state index contributed by atoms with van der Waals surface area (Å²) >= 11 is 0. The van der Waals surface area contributed by atoms with Gasteiger partial charge in [-0.2, -0.15) is 8.42 Å². The first-order chi connectivity index (χ1) is 23.5. The Morgan fingerprint density at radius 3 is 2.40 bits per heavy atom. The van der Waals surface area contributed by atoms with Crippen LogP contribution in [0, 0.1) is 11.8 Å². The minimum atomic E-state index is -5.05. The molecule has 7 N–H and O–H groups in total. The van der Waals surface area contributed by atoms with E-state index in [-0.39, 0.29) is 30.0 Å². The maximum atomic E-state index is 13.4. The zero-order chi connectivity index (χ0) is 37.2. The summed E-state index contributed by atoms with van der Waals surface area (Å²) in [7, 11) is -2.17. The summed E-state index contributed by atoms with van der Waals surface area (Å²) in [5.41, 5.74) is 6.65. The highest BCUT2D eigenvalue weighted by Crippen LogP contribution is 2.34. The van der Waals surface area contributed by atoms with E-state index in [0.29, 0.717) is 29.9 Å². The number of aliphatic hydroxyl groups is 2. The highest BCUT2D eigenvalue weighted by Gasteiger charge is 2.37. The molecule has 0 saturated carbocycles. The Labute approximate surface area is 295 Å². The molecule has 2 amide bonds. The number of ether oxygens (including phenoxy) is 3. The highest BCUT2D eigenvalue weighted by molar-refractivity contribution is 7.80. The number of hydrogen-bond acceptors (Lipinski definition) is 12. The van der Waals surface area contributed by atoms with Gasteiger partial charge < -0.3 is 45.7 Å². The minimum Gasteiger partial charge on any atom is -0.439 e. The Morgan fingerprint density at radius 1 is 1.12 bits per heavy atom. The van der Waals surface area contributed by atoms with Gasteiger partial charge in [-0.25, -0.2) is 8.98 Å². The summed E-state index contributed by atoms with van der Waals surface area (Å²) < 4.78 is 56.2. The third-order valence-corrected chi connectivity index (χ3v) is 9.65. The van der Waals surface area contributed by atoms with Gasteiger partial charge in [0.25, 0.3) is 5.91 Å². The number of hydrogen-bond donors (Lipinski definition) is 6. The molecule has 2 heterocycles. The monoisotopic (exact) mass is 726 g/mol. The lowest BCUT2D eigenvalue weighted by Crippen LogP contribution is -2.43. The van der Waals surface area contributed by atoms with E-state index in [4.69, 9.17) is 24.1 Å². The molecular formula is C34H54N4O11S. The average molecular weight is 727 g/mol. The van der Waals surface area contributed by atoms with E-state index in [9.17, 15) is 32.8 Å². The van der Waals surface area contributed by atoms with Gasteiger partial charge in [0, 0.05) is 44.5 Å². The van der Waals surface area contributed by atoms with Crippen molar-refractivity contribution in [2.75, 3.05) is 40.4 Å². The van der Waals surface area contributed by atoms with E-state index in [0.717, 1.165) is 25.9 Å². The minimum absolute atomic E-state index is 0.0801. The van der Waals surface area contributed by atoms with Crippen molar-refractivity contribution in [1.82, 2.24) is 15.5 Å². The molecule has 2 bridgehead atoms. The van der Waals surface area contributed by atoms with Crippen LogP contribution in [0.4, 0.5) is 4.79 Å². The van der Waals surface area contributed by atoms with Gasteiger partial charge in [-0.05, 0) is 75.8 Å². The van der Waals surface area contributed by atoms with E-state index in [1.807, 2.05) is 6.92 Å².